The Morgan fingerprint density at radius 2 is 1.90 bits per heavy atom. The summed E-state index contributed by atoms with van der Waals surface area (Å²) in [6.45, 7) is -0.148. The van der Waals surface area contributed by atoms with E-state index in [0.717, 1.165) is 12.3 Å². The van der Waals surface area contributed by atoms with Crippen LogP contribution in [0.2, 0.25) is 5.02 Å². The number of hydrogen-bond acceptors (Lipinski definition) is 5. The van der Waals surface area contributed by atoms with Gasteiger partial charge in [0, 0.05) is 22.8 Å². The Balaban J connectivity index is 1.49. The molecule has 0 saturated carbocycles. The molecule has 148 valence electrons. The van der Waals surface area contributed by atoms with Crippen LogP contribution in [0.15, 0.2) is 53.2 Å². The van der Waals surface area contributed by atoms with Crippen LogP contribution in [0.5, 0.6) is 0 Å². The van der Waals surface area contributed by atoms with Crippen LogP contribution in [-0.2, 0) is 12.7 Å². The standard InChI is InChI=1S/C18H11ClF3N5O2/c19-12-4-1-10(2-5-12)14-7-13(26-29-14)17(28)23-8-16-25-24-15-6-3-11(9-27(15)16)18(20,21)22/h1-7,9H,8H2,(H,23,28). The number of alkyl halides is 3. The van der Waals surface area contributed by atoms with Crippen molar-refractivity contribution in [3.63, 3.8) is 0 Å². The number of nitrogens with one attached hydrogen (secondary N) is 1. The fraction of sp³-hybridized carbons (Fsp3) is 0.111. The van der Waals surface area contributed by atoms with E-state index in [1.54, 1.807) is 24.3 Å². The molecular weight excluding hydrogens is 411 g/mol. The van der Waals surface area contributed by atoms with Crippen molar-refractivity contribution in [2.24, 2.45) is 0 Å². The Bertz CT molecular complexity index is 1180. The third kappa shape index (κ3) is 3.92. The molecule has 4 rings (SSSR count). The zero-order valence-electron chi connectivity index (χ0n) is 14.4. The molecule has 4 aromatic rings. The highest BCUT2D eigenvalue weighted by Crippen LogP contribution is 2.29. The Labute approximate surface area is 166 Å². The zero-order valence-corrected chi connectivity index (χ0v) is 15.2. The minimum Gasteiger partial charge on any atom is -0.355 e. The van der Waals surface area contributed by atoms with Crippen molar-refractivity contribution in [1.29, 1.82) is 0 Å². The van der Waals surface area contributed by atoms with Crippen LogP contribution >= 0.6 is 11.6 Å². The molecule has 0 aliphatic heterocycles. The number of carbonyl (C=O) groups excluding carboxylic acids is 1. The van der Waals surface area contributed by atoms with Crippen molar-refractivity contribution in [2.45, 2.75) is 12.7 Å². The van der Waals surface area contributed by atoms with E-state index in [4.69, 9.17) is 16.1 Å². The van der Waals surface area contributed by atoms with Crippen molar-refractivity contribution in [3.8, 4) is 11.3 Å². The molecule has 0 fully saturated rings. The van der Waals surface area contributed by atoms with Crippen molar-refractivity contribution >= 4 is 23.2 Å². The molecule has 1 aromatic carbocycles. The van der Waals surface area contributed by atoms with Gasteiger partial charge < -0.3 is 9.84 Å². The first-order valence-corrected chi connectivity index (χ1v) is 8.61. The van der Waals surface area contributed by atoms with E-state index in [9.17, 15) is 18.0 Å². The van der Waals surface area contributed by atoms with Gasteiger partial charge in [-0.1, -0.05) is 16.8 Å². The maximum absolute atomic E-state index is 12.9. The predicted octanol–water partition coefficient (Wildman–Crippen LogP) is 3.99. The lowest BCUT2D eigenvalue weighted by molar-refractivity contribution is -0.137. The average Bonchev–Trinajstić information content (AvgIpc) is 3.33. The van der Waals surface area contributed by atoms with Crippen LogP contribution in [0.1, 0.15) is 21.9 Å². The lowest BCUT2D eigenvalue weighted by Gasteiger charge is -2.07. The first-order chi connectivity index (χ1) is 13.8. The monoisotopic (exact) mass is 421 g/mol. The van der Waals surface area contributed by atoms with Crippen LogP contribution in [0.25, 0.3) is 17.0 Å². The minimum absolute atomic E-state index is 0.0137. The number of benzene rings is 1. The summed E-state index contributed by atoms with van der Waals surface area (Å²) in [5, 5.41) is 14.4. The normalized spacial score (nSPS) is 11.7. The summed E-state index contributed by atoms with van der Waals surface area (Å²) < 4.78 is 45.0. The molecule has 1 amide bonds. The molecule has 29 heavy (non-hydrogen) atoms. The molecule has 3 heterocycles. The average molecular weight is 422 g/mol. The van der Waals surface area contributed by atoms with Gasteiger partial charge in [-0.05, 0) is 36.4 Å². The number of hydrogen-bond donors (Lipinski definition) is 1. The summed E-state index contributed by atoms with van der Waals surface area (Å²) in [7, 11) is 0. The van der Waals surface area contributed by atoms with Crippen molar-refractivity contribution in [3.05, 3.63) is 70.8 Å². The number of amides is 1. The van der Waals surface area contributed by atoms with Crippen molar-refractivity contribution < 1.29 is 22.5 Å². The molecule has 0 spiro atoms. The van der Waals surface area contributed by atoms with E-state index in [1.165, 1.54) is 16.5 Å². The van der Waals surface area contributed by atoms with Gasteiger partial charge in [0.15, 0.2) is 22.9 Å². The number of fused-ring (bicyclic) bond motifs is 1. The van der Waals surface area contributed by atoms with E-state index >= 15 is 0 Å². The summed E-state index contributed by atoms with van der Waals surface area (Å²) in [4.78, 5) is 12.3. The molecular formula is C18H11ClF3N5O2. The number of nitrogens with zero attached hydrogens (tertiary/aromatic N) is 4. The van der Waals surface area contributed by atoms with Gasteiger partial charge in [-0.25, -0.2) is 0 Å². The highest BCUT2D eigenvalue weighted by Gasteiger charge is 2.31. The minimum atomic E-state index is -4.50. The summed E-state index contributed by atoms with van der Waals surface area (Å²) >= 11 is 5.84. The fourth-order valence-corrected chi connectivity index (χ4v) is 2.73. The smallest absolute Gasteiger partial charge is 0.355 e. The Morgan fingerprint density at radius 3 is 2.62 bits per heavy atom. The first-order valence-electron chi connectivity index (χ1n) is 8.23. The van der Waals surface area contributed by atoms with Gasteiger partial charge in [0.25, 0.3) is 5.91 Å². The number of pyridine rings is 1. The maximum Gasteiger partial charge on any atom is 0.417 e. The van der Waals surface area contributed by atoms with Crippen LogP contribution < -0.4 is 5.32 Å². The van der Waals surface area contributed by atoms with E-state index < -0.39 is 17.6 Å². The van der Waals surface area contributed by atoms with Crippen LogP contribution in [0.4, 0.5) is 13.2 Å². The molecule has 0 bridgehead atoms. The molecule has 11 heteroatoms. The van der Waals surface area contributed by atoms with Gasteiger partial charge in [-0.15, -0.1) is 10.2 Å². The van der Waals surface area contributed by atoms with Gasteiger partial charge in [-0.2, -0.15) is 13.2 Å². The van der Waals surface area contributed by atoms with Gasteiger partial charge >= 0.3 is 6.18 Å². The number of halogens is 4. The van der Waals surface area contributed by atoms with E-state index in [0.29, 0.717) is 16.3 Å². The van der Waals surface area contributed by atoms with Gasteiger partial charge in [0.1, 0.15) is 0 Å². The summed E-state index contributed by atoms with van der Waals surface area (Å²) in [6, 6.07) is 10.3. The summed E-state index contributed by atoms with van der Waals surface area (Å²) in [6.07, 6.45) is -3.62. The van der Waals surface area contributed by atoms with E-state index in [1.807, 2.05) is 0 Å². The Hall–Kier alpha value is -3.40. The van der Waals surface area contributed by atoms with Crippen LogP contribution in [0, 0.1) is 0 Å². The SMILES string of the molecule is O=C(NCc1nnc2ccc(C(F)(F)F)cn12)c1cc(-c2ccc(Cl)cc2)on1. The Morgan fingerprint density at radius 1 is 1.14 bits per heavy atom. The van der Waals surface area contributed by atoms with Gasteiger partial charge in [0.2, 0.25) is 0 Å². The maximum atomic E-state index is 12.9. The van der Waals surface area contributed by atoms with Crippen LogP contribution in [0.3, 0.4) is 0 Å². The fourth-order valence-electron chi connectivity index (χ4n) is 2.61. The molecule has 1 N–H and O–H groups in total. The molecule has 0 aliphatic rings. The number of aromatic nitrogens is 4. The third-order valence-corrected chi connectivity index (χ3v) is 4.33. The molecule has 3 aromatic heterocycles. The van der Waals surface area contributed by atoms with Crippen molar-refractivity contribution in [2.75, 3.05) is 0 Å². The van der Waals surface area contributed by atoms with Gasteiger partial charge in [-0.3, -0.25) is 9.20 Å². The number of rotatable bonds is 4. The van der Waals surface area contributed by atoms with Gasteiger partial charge in [0.05, 0.1) is 12.1 Å². The molecule has 7 nitrogen and oxygen atoms in total. The predicted molar refractivity (Wildman–Crippen MR) is 96.1 cm³/mol. The highest BCUT2D eigenvalue weighted by molar-refractivity contribution is 6.30. The lowest BCUT2D eigenvalue weighted by atomic mass is 10.1. The van der Waals surface area contributed by atoms with Crippen molar-refractivity contribution in [1.82, 2.24) is 25.1 Å². The second-order valence-electron chi connectivity index (χ2n) is 6.03. The molecule has 0 saturated heterocycles. The topological polar surface area (TPSA) is 85.3 Å². The summed E-state index contributed by atoms with van der Waals surface area (Å²) in [5.74, 6) is -0.0619. The van der Waals surface area contributed by atoms with E-state index in [-0.39, 0.29) is 23.7 Å². The Kier molecular flexibility index (Phi) is 4.71. The van der Waals surface area contributed by atoms with Crippen LogP contribution in [-0.4, -0.2) is 25.7 Å². The largest absolute Gasteiger partial charge is 0.417 e. The second-order valence-corrected chi connectivity index (χ2v) is 6.46. The quantitative estimate of drug-likeness (QED) is 0.538. The highest BCUT2D eigenvalue weighted by atomic mass is 35.5. The number of carbonyl (C=O) groups is 1. The second kappa shape index (κ2) is 7.21. The molecule has 0 radical (unpaired) electrons. The third-order valence-electron chi connectivity index (χ3n) is 4.08. The molecule has 0 aliphatic carbocycles. The van der Waals surface area contributed by atoms with E-state index in [2.05, 4.69) is 20.7 Å². The lowest BCUT2D eigenvalue weighted by Crippen LogP contribution is -2.24. The first kappa shape index (κ1) is 18.9. The molecule has 0 unspecified atom stereocenters. The molecule has 0 atom stereocenters. The zero-order chi connectivity index (χ0) is 20.6. The summed E-state index contributed by atoms with van der Waals surface area (Å²) in [5.41, 5.74) is 0.0824.